The lowest BCUT2D eigenvalue weighted by Crippen LogP contribution is -2.42. The van der Waals surface area contributed by atoms with E-state index in [2.05, 4.69) is 9.38 Å². The molecule has 1 fully saturated rings. The van der Waals surface area contributed by atoms with Gasteiger partial charge in [0.2, 0.25) is 5.91 Å². The maximum Gasteiger partial charge on any atom is 0.436 e. The van der Waals surface area contributed by atoms with Gasteiger partial charge in [-0.25, -0.2) is 9.78 Å². The van der Waals surface area contributed by atoms with Crippen molar-refractivity contribution in [2.24, 2.45) is 0 Å². The van der Waals surface area contributed by atoms with E-state index in [1.807, 2.05) is 30.2 Å². The molecule has 0 bridgehead atoms. The number of aromatic nitrogens is 3. The first-order valence-corrected chi connectivity index (χ1v) is 12.1. The Morgan fingerprint density at radius 1 is 1.14 bits per heavy atom. The van der Waals surface area contributed by atoms with Gasteiger partial charge in [-0.2, -0.15) is 5.06 Å². The van der Waals surface area contributed by atoms with Gasteiger partial charge in [0.25, 0.3) is 0 Å². The summed E-state index contributed by atoms with van der Waals surface area (Å²) in [5.41, 5.74) is 3.91. The molecule has 10 heteroatoms. The van der Waals surface area contributed by atoms with Crippen LogP contribution in [0.25, 0.3) is 16.8 Å². The third kappa shape index (κ3) is 5.05. The van der Waals surface area contributed by atoms with Crippen LogP contribution in [0.5, 0.6) is 0 Å². The number of hydrogen-bond acceptors (Lipinski definition) is 6. The van der Waals surface area contributed by atoms with Gasteiger partial charge in [0.1, 0.15) is 5.82 Å². The highest BCUT2D eigenvalue weighted by Crippen LogP contribution is 2.37. The second kappa shape index (κ2) is 11.0. The van der Waals surface area contributed by atoms with Crippen molar-refractivity contribution < 1.29 is 24.3 Å². The number of hydrogen-bond donors (Lipinski definition) is 1. The number of carbonyl (C=O) groups excluding carboxylic acids is 1. The van der Waals surface area contributed by atoms with E-state index in [-0.39, 0.29) is 17.9 Å². The highest BCUT2D eigenvalue weighted by molar-refractivity contribution is 5.85. The van der Waals surface area contributed by atoms with Gasteiger partial charge in [-0.15, -0.1) is 0 Å². The van der Waals surface area contributed by atoms with Crippen LogP contribution in [-0.4, -0.2) is 69.8 Å². The second-order valence-electron chi connectivity index (χ2n) is 9.07. The van der Waals surface area contributed by atoms with E-state index in [0.717, 1.165) is 59.0 Å². The summed E-state index contributed by atoms with van der Waals surface area (Å²) in [4.78, 5) is 40.1. The number of aryl methyl sites for hydroxylation is 1. The van der Waals surface area contributed by atoms with Gasteiger partial charge in [0.15, 0.2) is 0 Å². The molecule has 10 nitrogen and oxygen atoms in total. The van der Waals surface area contributed by atoms with Crippen LogP contribution < -0.4 is 5.06 Å². The van der Waals surface area contributed by atoms with Crippen molar-refractivity contribution >= 4 is 23.2 Å². The molecule has 0 aliphatic heterocycles. The fourth-order valence-corrected chi connectivity index (χ4v) is 5.19. The molecule has 0 unspecified atom stereocenters. The molecule has 2 aromatic heterocycles. The van der Waals surface area contributed by atoms with Crippen molar-refractivity contribution in [3.8, 4) is 11.3 Å². The van der Waals surface area contributed by atoms with Crippen LogP contribution in [0.2, 0.25) is 0 Å². The maximum atomic E-state index is 12.2. The number of methoxy groups -OCH3 is 1. The van der Waals surface area contributed by atoms with Crippen molar-refractivity contribution in [1.82, 2.24) is 19.3 Å². The van der Waals surface area contributed by atoms with E-state index in [1.165, 1.54) is 7.11 Å². The van der Waals surface area contributed by atoms with Gasteiger partial charge >= 0.3 is 6.09 Å². The molecule has 192 valence electrons. The molecule has 0 atom stereocenters. The molecule has 1 aromatic carbocycles. The number of benzene rings is 1. The van der Waals surface area contributed by atoms with E-state index in [0.29, 0.717) is 18.8 Å². The molecule has 0 saturated heterocycles. The number of nitrogens with zero attached hydrogens (tertiary/aromatic N) is 5. The molecule has 1 aliphatic rings. The van der Waals surface area contributed by atoms with E-state index in [1.54, 1.807) is 32.4 Å². The molecule has 0 spiro atoms. The van der Waals surface area contributed by atoms with Crippen LogP contribution in [0.3, 0.4) is 0 Å². The van der Waals surface area contributed by atoms with Gasteiger partial charge < -0.3 is 14.7 Å². The number of carbonyl (C=O) groups is 2. The second-order valence-corrected chi connectivity index (χ2v) is 9.07. The molecule has 0 radical (unpaired) electrons. The van der Waals surface area contributed by atoms with Crippen molar-refractivity contribution in [3.63, 3.8) is 0 Å². The fourth-order valence-electron chi connectivity index (χ4n) is 5.19. The third-order valence-electron chi connectivity index (χ3n) is 6.94. The minimum Gasteiger partial charge on any atom is -0.463 e. The van der Waals surface area contributed by atoms with Gasteiger partial charge in [0.05, 0.1) is 36.3 Å². The van der Waals surface area contributed by atoms with Crippen LogP contribution in [0.15, 0.2) is 36.7 Å². The lowest BCUT2D eigenvalue weighted by atomic mass is 9.84. The zero-order chi connectivity index (χ0) is 25.8. The maximum absolute atomic E-state index is 12.2. The van der Waals surface area contributed by atoms with E-state index < -0.39 is 6.09 Å². The molecule has 3 aromatic rings. The Kier molecular flexibility index (Phi) is 7.85. The van der Waals surface area contributed by atoms with Crippen LogP contribution in [-0.2, 0) is 14.4 Å². The van der Waals surface area contributed by atoms with Gasteiger partial charge in [-0.05, 0) is 44.7 Å². The van der Waals surface area contributed by atoms with Crippen molar-refractivity contribution in [1.29, 1.82) is 0 Å². The largest absolute Gasteiger partial charge is 0.463 e. The van der Waals surface area contributed by atoms with E-state index in [4.69, 9.17) is 14.6 Å². The van der Waals surface area contributed by atoms with E-state index >= 15 is 0 Å². The minimum absolute atomic E-state index is 0.0872. The Morgan fingerprint density at radius 2 is 1.83 bits per heavy atom. The Bertz CT molecular complexity index is 1220. The lowest BCUT2D eigenvalue weighted by Gasteiger charge is -2.36. The van der Waals surface area contributed by atoms with Crippen LogP contribution in [0.1, 0.15) is 50.0 Å². The summed E-state index contributed by atoms with van der Waals surface area (Å²) >= 11 is 0. The number of imidazole rings is 1. The number of ether oxygens (including phenoxy) is 1. The zero-order valence-corrected chi connectivity index (χ0v) is 21.2. The number of hydroxylamine groups is 1. The molecule has 4 rings (SSSR count). The zero-order valence-electron chi connectivity index (χ0n) is 21.2. The summed E-state index contributed by atoms with van der Waals surface area (Å²) < 4.78 is 7.32. The number of amides is 2. The summed E-state index contributed by atoms with van der Waals surface area (Å²) in [6.07, 6.45) is 6.24. The Morgan fingerprint density at radius 3 is 2.42 bits per heavy atom. The summed E-state index contributed by atoms with van der Waals surface area (Å²) in [6.45, 7) is 4.74. The highest BCUT2D eigenvalue weighted by Gasteiger charge is 2.31. The predicted molar refractivity (Wildman–Crippen MR) is 135 cm³/mol. The summed E-state index contributed by atoms with van der Waals surface area (Å²) in [5.74, 6) is 1.34. The fraction of sp³-hybridized carbons (Fsp3) is 0.462. The molecular weight excluding hydrogens is 462 g/mol. The predicted octanol–water partition coefficient (Wildman–Crippen LogP) is 4.27. The standard InChI is InChI=1S/C26H33N5O5/c1-17-24-23(19-5-11-22(12-6-19)31(36-4)26(33)34)28-25(30(24)14-13-27-17)20-7-9-21(10-8-20)29(18(2)32)15-16-35-3/h5-6,11-14,20-21H,7-10,15-16H2,1-4H3,(H,33,34). The molecule has 2 heterocycles. The average Bonchev–Trinajstić information content (AvgIpc) is 3.26. The van der Waals surface area contributed by atoms with Crippen molar-refractivity contribution in [2.75, 3.05) is 32.4 Å². The smallest absolute Gasteiger partial charge is 0.436 e. The first kappa shape index (κ1) is 25.6. The van der Waals surface area contributed by atoms with E-state index in [9.17, 15) is 14.7 Å². The van der Waals surface area contributed by atoms with Gasteiger partial charge in [0, 0.05) is 50.5 Å². The number of carboxylic acid groups (broad SMARTS) is 1. The topological polar surface area (TPSA) is 110 Å². The number of anilines is 1. The van der Waals surface area contributed by atoms with Crippen molar-refractivity contribution in [3.05, 3.63) is 48.2 Å². The summed E-state index contributed by atoms with van der Waals surface area (Å²) in [5, 5.41) is 10.1. The van der Waals surface area contributed by atoms with Crippen LogP contribution >= 0.6 is 0 Å². The molecular formula is C26H33N5O5. The van der Waals surface area contributed by atoms with Gasteiger partial charge in [-0.3, -0.25) is 19.0 Å². The highest BCUT2D eigenvalue weighted by atomic mass is 16.7. The molecule has 1 aliphatic carbocycles. The molecule has 1 N–H and O–H groups in total. The van der Waals surface area contributed by atoms with Crippen molar-refractivity contribution in [2.45, 2.75) is 51.5 Å². The lowest BCUT2D eigenvalue weighted by molar-refractivity contribution is -0.132. The quantitative estimate of drug-likeness (QED) is 0.465. The Balaban J connectivity index is 1.62. The number of rotatable bonds is 8. The normalized spacial score (nSPS) is 17.8. The molecule has 36 heavy (non-hydrogen) atoms. The third-order valence-corrected chi connectivity index (χ3v) is 6.94. The first-order valence-electron chi connectivity index (χ1n) is 12.1. The average molecular weight is 496 g/mol. The van der Waals surface area contributed by atoms with Gasteiger partial charge in [-0.1, -0.05) is 12.1 Å². The monoisotopic (exact) mass is 495 g/mol. The molecule has 2 amide bonds. The summed E-state index contributed by atoms with van der Waals surface area (Å²) in [7, 11) is 2.97. The van der Waals surface area contributed by atoms with Crippen LogP contribution in [0.4, 0.5) is 10.5 Å². The number of fused-ring (bicyclic) bond motifs is 1. The summed E-state index contributed by atoms with van der Waals surface area (Å²) in [6, 6.07) is 7.31. The minimum atomic E-state index is -1.19. The Labute approximate surface area is 210 Å². The SMILES string of the molecule is COCCN(C(C)=O)C1CCC(c2nc(-c3ccc(N(OC)C(=O)O)cc3)c3c(C)nccn23)CC1. The van der Waals surface area contributed by atoms with Crippen LogP contribution in [0, 0.1) is 6.92 Å². The molecule has 1 saturated carbocycles. The Hall–Kier alpha value is -3.50. The first-order chi connectivity index (χ1) is 17.3.